The van der Waals surface area contributed by atoms with E-state index in [0.717, 1.165) is 15.6 Å². The summed E-state index contributed by atoms with van der Waals surface area (Å²) in [6.45, 7) is 7.71. The molecule has 3 N–H and O–H groups in total. The first-order valence-corrected chi connectivity index (χ1v) is 21.2. The number of fused-ring (bicyclic) bond motifs is 6. The molecule has 7 rings (SSSR count). The largest absolute Gasteiger partial charge is 0.339 e. The van der Waals surface area contributed by atoms with Gasteiger partial charge >= 0.3 is 6.03 Å². The van der Waals surface area contributed by atoms with E-state index in [4.69, 9.17) is 0 Å². The average molecular weight is 790 g/mol. The number of aromatic nitrogens is 2. The van der Waals surface area contributed by atoms with Gasteiger partial charge in [0.1, 0.15) is 17.6 Å². The van der Waals surface area contributed by atoms with Crippen LogP contribution in [0, 0.1) is 11.8 Å². The molecule has 55 heavy (non-hydrogen) atoms. The summed E-state index contributed by atoms with van der Waals surface area (Å²) in [6, 6.07) is 4.70. The first-order chi connectivity index (χ1) is 26.2. The minimum absolute atomic E-state index is 0.0181. The van der Waals surface area contributed by atoms with Crippen molar-refractivity contribution in [1.82, 2.24) is 34.9 Å². The molecule has 0 radical (unpaired) electrons. The fourth-order valence-electron chi connectivity index (χ4n) is 7.64. The number of nitrogens with one attached hydrogen (secondary N) is 3. The Balaban J connectivity index is 1.27. The number of hydrogen-bond acceptors (Lipinski definition) is 9. The second-order valence-electron chi connectivity index (χ2n) is 15.4. The van der Waals surface area contributed by atoms with E-state index < -0.39 is 68.6 Å². The van der Waals surface area contributed by atoms with Crippen molar-refractivity contribution in [3.8, 4) is 11.1 Å². The van der Waals surface area contributed by atoms with Gasteiger partial charge in [0, 0.05) is 48.3 Å². The van der Waals surface area contributed by atoms with Gasteiger partial charge in [-0.3, -0.25) is 23.9 Å². The molecule has 292 valence electrons. The predicted molar refractivity (Wildman–Crippen MR) is 210 cm³/mol. The van der Waals surface area contributed by atoms with Crippen LogP contribution in [0.2, 0.25) is 0 Å². The molecular weight excluding hydrogens is 743 g/mol. The zero-order valence-corrected chi connectivity index (χ0v) is 32.8. The molecule has 14 nitrogen and oxygen atoms in total. The van der Waals surface area contributed by atoms with Crippen molar-refractivity contribution in [1.29, 1.82) is 0 Å². The van der Waals surface area contributed by atoms with Crippen LogP contribution in [0.5, 0.6) is 0 Å². The Hall–Kier alpha value is -4.83. The smallest absolute Gasteiger partial charge is 0.317 e. The lowest BCUT2D eigenvalue weighted by Crippen LogP contribution is -2.59. The maximum Gasteiger partial charge on any atom is 0.317 e. The molecule has 5 amide bonds. The minimum atomic E-state index is -3.91. The van der Waals surface area contributed by atoms with E-state index in [1.165, 1.54) is 20.6 Å². The van der Waals surface area contributed by atoms with Gasteiger partial charge in [-0.1, -0.05) is 44.2 Å². The van der Waals surface area contributed by atoms with E-state index in [9.17, 15) is 32.4 Å². The summed E-state index contributed by atoms with van der Waals surface area (Å²) in [7, 11) is -2.26. The SMILES string of the molecule is C=C[C@@H]1C[C@]1(NC(=O)[C@@H]1CC2CN1C(=O)[C@H](C(C)C)NC(=O)N(C)CCC/C=C/Cc1c(-c3ccc4ccsc4c3)cnn2c1=O)C(=O)NS(=O)(=O)C1CC1. The summed E-state index contributed by atoms with van der Waals surface area (Å²) in [5.41, 5.74) is 0.133. The molecule has 3 fully saturated rings. The van der Waals surface area contributed by atoms with E-state index in [1.807, 2.05) is 41.8 Å². The molecular formula is C39H47N7O7S2. The van der Waals surface area contributed by atoms with Crippen molar-refractivity contribution >= 4 is 55.2 Å². The highest BCUT2D eigenvalue weighted by Gasteiger charge is 2.62. The topological polar surface area (TPSA) is 180 Å². The van der Waals surface area contributed by atoms with Crippen LogP contribution in [-0.4, -0.2) is 94.8 Å². The summed E-state index contributed by atoms with van der Waals surface area (Å²) in [6.07, 6.45) is 9.76. The number of allylic oxidation sites excluding steroid dienone is 2. The molecule has 2 aliphatic heterocycles. The third kappa shape index (κ3) is 7.58. The lowest BCUT2D eigenvalue weighted by molar-refractivity contribution is -0.141. The van der Waals surface area contributed by atoms with Crippen molar-refractivity contribution in [3.63, 3.8) is 0 Å². The standard InChI is InChI=1S/C39H47N7O7S2/c1-5-26-20-39(26,37(50)43-55(52,53)28-13-14-28)42-34(47)31-19-27-22-45(31)36(49)33(23(2)3)41-38(51)44(4)16-9-7-6-8-10-29-30(21-40-46(27)35(29)48)25-12-11-24-15-17-54-32(24)18-25/h5-6,8,11-12,15,17-18,21,23,26-28,31,33H,1,7,9-10,13-14,16,19-20,22H2,2-4H3,(H,41,51)(H,42,47)(H,43,50)/b8-6+/t26-,27?,31+,33+,39-/m1/s1. The lowest BCUT2D eigenvalue weighted by atomic mass is 9.99. The van der Waals surface area contributed by atoms with Crippen LogP contribution in [-0.2, 0) is 30.8 Å². The highest BCUT2D eigenvalue weighted by atomic mass is 32.2. The number of rotatable bonds is 8. The number of urea groups is 1. The molecule has 4 aliphatic rings. The summed E-state index contributed by atoms with van der Waals surface area (Å²) in [5.74, 6) is -2.97. The van der Waals surface area contributed by atoms with Gasteiger partial charge in [-0.2, -0.15) is 5.10 Å². The molecule has 4 heterocycles. The number of benzene rings is 1. The molecule has 0 spiro atoms. The van der Waals surface area contributed by atoms with Crippen LogP contribution < -0.4 is 20.9 Å². The average Bonchev–Trinajstić information content (AvgIpc) is 4.04. The normalized spacial score (nSPS) is 26.7. The molecule has 4 bridgehead atoms. The van der Waals surface area contributed by atoms with E-state index >= 15 is 0 Å². The number of sulfonamides is 1. The van der Waals surface area contributed by atoms with Crippen LogP contribution in [0.3, 0.4) is 0 Å². The fraction of sp³-hybridized carbons (Fsp3) is 0.487. The van der Waals surface area contributed by atoms with Gasteiger partial charge in [0.25, 0.3) is 11.5 Å². The summed E-state index contributed by atoms with van der Waals surface area (Å²) in [4.78, 5) is 73.2. The van der Waals surface area contributed by atoms with Gasteiger partial charge < -0.3 is 20.4 Å². The van der Waals surface area contributed by atoms with E-state index in [1.54, 1.807) is 38.4 Å². The zero-order chi connectivity index (χ0) is 39.2. The van der Waals surface area contributed by atoms with Crippen molar-refractivity contribution in [2.75, 3.05) is 20.1 Å². The number of thiophene rings is 1. The highest BCUT2D eigenvalue weighted by molar-refractivity contribution is 7.91. The Bertz CT molecular complexity index is 2240. The summed E-state index contributed by atoms with van der Waals surface area (Å²) < 4.78 is 30.0. The number of nitrogens with zero attached hydrogens (tertiary/aromatic N) is 4. The third-order valence-corrected chi connectivity index (χ3v) is 13.9. The third-order valence-electron chi connectivity index (χ3n) is 11.2. The van der Waals surface area contributed by atoms with Crippen LogP contribution in [0.25, 0.3) is 21.2 Å². The van der Waals surface area contributed by atoms with Crippen LogP contribution in [0.15, 0.2) is 65.4 Å². The van der Waals surface area contributed by atoms with Crippen LogP contribution >= 0.6 is 11.3 Å². The monoisotopic (exact) mass is 789 g/mol. The number of amides is 5. The van der Waals surface area contributed by atoms with Gasteiger partial charge in [-0.15, -0.1) is 17.9 Å². The first-order valence-electron chi connectivity index (χ1n) is 18.8. The fourth-order valence-corrected chi connectivity index (χ4v) is 9.83. The van der Waals surface area contributed by atoms with Crippen LogP contribution in [0.4, 0.5) is 4.79 Å². The van der Waals surface area contributed by atoms with Gasteiger partial charge in [0.05, 0.1) is 17.5 Å². The number of carbonyl (C=O) groups excluding carboxylic acids is 4. The van der Waals surface area contributed by atoms with E-state index in [0.29, 0.717) is 49.8 Å². The Morgan fingerprint density at radius 2 is 1.93 bits per heavy atom. The molecule has 3 aromatic rings. The van der Waals surface area contributed by atoms with E-state index in [2.05, 4.69) is 27.0 Å². The molecule has 2 saturated carbocycles. The quantitative estimate of drug-likeness (QED) is 0.290. The molecule has 16 heteroatoms. The van der Waals surface area contributed by atoms with Gasteiger partial charge in [-0.25, -0.2) is 17.9 Å². The summed E-state index contributed by atoms with van der Waals surface area (Å²) >= 11 is 1.61. The maximum atomic E-state index is 14.5. The van der Waals surface area contributed by atoms with Crippen LogP contribution in [0.1, 0.15) is 64.0 Å². The van der Waals surface area contributed by atoms with Gasteiger partial charge in [-0.05, 0) is 72.9 Å². The second kappa shape index (κ2) is 15.0. The molecule has 2 aromatic heterocycles. The van der Waals surface area contributed by atoms with E-state index in [-0.39, 0.29) is 30.9 Å². The number of carbonyl (C=O) groups is 4. The Kier molecular flexibility index (Phi) is 10.5. The highest BCUT2D eigenvalue weighted by Crippen LogP contribution is 2.45. The second-order valence-corrected chi connectivity index (χ2v) is 18.4. The molecule has 1 aromatic carbocycles. The Morgan fingerprint density at radius 3 is 2.64 bits per heavy atom. The summed E-state index contributed by atoms with van der Waals surface area (Å²) in [5, 5.41) is 12.8. The van der Waals surface area contributed by atoms with Crippen molar-refractivity contribution in [2.45, 2.75) is 87.7 Å². The minimum Gasteiger partial charge on any atom is -0.339 e. The Labute approximate surface area is 324 Å². The number of hydrogen-bond donors (Lipinski definition) is 3. The van der Waals surface area contributed by atoms with Gasteiger partial charge in [0.15, 0.2) is 0 Å². The maximum absolute atomic E-state index is 14.5. The first kappa shape index (κ1) is 38.4. The molecule has 1 unspecified atom stereocenters. The van der Waals surface area contributed by atoms with Crippen molar-refractivity contribution in [2.24, 2.45) is 11.8 Å². The lowest BCUT2D eigenvalue weighted by Gasteiger charge is -2.32. The molecule has 1 saturated heterocycles. The zero-order valence-electron chi connectivity index (χ0n) is 31.2. The van der Waals surface area contributed by atoms with Crippen molar-refractivity contribution < 1.29 is 27.6 Å². The molecule has 2 aliphatic carbocycles. The molecule has 5 atom stereocenters. The predicted octanol–water partition coefficient (Wildman–Crippen LogP) is 3.49. The van der Waals surface area contributed by atoms with Crippen molar-refractivity contribution in [3.05, 3.63) is 76.6 Å². The Morgan fingerprint density at radius 1 is 1.15 bits per heavy atom. The van der Waals surface area contributed by atoms with Gasteiger partial charge in [0.2, 0.25) is 21.8 Å².